The van der Waals surface area contributed by atoms with Crippen molar-refractivity contribution in [3.63, 3.8) is 0 Å². The molecule has 2 rings (SSSR count). The standard InChI is InChI=1S/C12H17ClN2O4S2/c1-3-15(9-7-14-8-9)21(18,19)12-6-10(20(2,16)17)4-5-11(12)13/h4-6,9,14H,3,7-8H2,1-2H3. The van der Waals surface area contributed by atoms with E-state index in [0.29, 0.717) is 19.6 Å². The van der Waals surface area contributed by atoms with Crippen molar-refractivity contribution in [1.82, 2.24) is 9.62 Å². The van der Waals surface area contributed by atoms with Crippen molar-refractivity contribution in [2.75, 3.05) is 25.9 Å². The van der Waals surface area contributed by atoms with Crippen LogP contribution in [0.25, 0.3) is 0 Å². The lowest BCUT2D eigenvalue weighted by atomic mass is 10.2. The molecule has 6 nitrogen and oxygen atoms in total. The molecule has 0 atom stereocenters. The van der Waals surface area contributed by atoms with Crippen LogP contribution >= 0.6 is 11.6 Å². The molecule has 1 N–H and O–H groups in total. The Labute approximate surface area is 130 Å². The van der Waals surface area contributed by atoms with E-state index in [9.17, 15) is 16.8 Å². The van der Waals surface area contributed by atoms with Crippen molar-refractivity contribution < 1.29 is 16.8 Å². The molecule has 0 aromatic heterocycles. The predicted molar refractivity (Wildman–Crippen MR) is 80.8 cm³/mol. The zero-order chi connectivity index (χ0) is 15.8. The van der Waals surface area contributed by atoms with Gasteiger partial charge in [0.2, 0.25) is 10.0 Å². The fraction of sp³-hybridized carbons (Fsp3) is 0.500. The smallest absolute Gasteiger partial charge is 0.244 e. The van der Waals surface area contributed by atoms with Crippen LogP contribution in [0.5, 0.6) is 0 Å². The van der Waals surface area contributed by atoms with Crippen LogP contribution in [0.15, 0.2) is 28.0 Å². The minimum Gasteiger partial charge on any atom is -0.313 e. The lowest BCUT2D eigenvalue weighted by Crippen LogP contribution is -2.58. The Balaban J connectivity index is 2.53. The van der Waals surface area contributed by atoms with Crippen molar-refractivity contribution in [1.29, 1.82) is 0 Å². The molecular formula is C12H17ClN2O4S2. The van der Waals surface area contributed by atoms with Gasteiger partial charge in [-0.05, 0) is 18.2 Å². The Morgan fingerprint density at radius 2 is 1.90 bits per heavy atom. The number of hydrogen-bond acceptors (Lipinski definition) is 5. The van der Waals surface area contributed by atoms with Crippen molar-refractivity contribution in [2.24, 2.45) is 0 Å². The number of sulfone groups is 1. The molecule has 0 bridgehead atoms. The fourth-order valence-corrected chi connectivity index (χ4v) is 5.00. The second-order valence-electron chi connectivity index (χ2n) is 4.88. The number of nitrogens with one attached hydrogen (secondary N) is 1. The molecule has 0 radical (unpaired) electrons. The second-order valence-corrected chi connectivity index (χ2v) is 9.17. The molecular weight excluding hydrogens is 336 g/mol. The summed E-state index contributed by atoms with van der Waals surface area (Å²) in [7, 11) is -7.33. The second kappa shape index (κ2) is 5.85. The van der Waals surface area contributed by atoms with Crippen LogP contribution in [-0.2, 0) is 19.9 Å². The molecule has 1 aromatic rings. The molecule has 1 aromatic carbocycles. The van der Waals surface area contributed by atoms with Gasteiger partial charge in [-0.25, -0.2) is 16.8 Å². The highest BCUT2D eigenvalue weighted by molar-refractivity contribution is 7.91. The summed E-state index contributed by atoms with van der Waals surface area (Å²) >= 11 is 5.98. The molecule has 0 aliphatic carbocycles. The summed E-state index contributed by atoms with van der Waals surface area (Å²) in [6.45, 7) is 3.20. The number of sulfonamides is 1. The van der Waals surface area contributed by atoms with Crippen LogP contribution in [-0.4, -0.2) is 53.1 Å². The summed E-state index contributed by atoms with van der Waals surface area (Å²) in [5, 5.41) is 3.04. The topological polar surface area (TPSA) is 83.6 Å². The first-order valence-corrected chi connectivity index (χ1v) is 10.1. The van der Waals surface area contributed by atoms with Gasteiger partial charge in [-0.2, -0.15) is 4.31 Å². The summed E-state index contributed by atoms with van der Waals surface area (Å²) in [4.78, 5) is -0.228. The van der Waals surface area contributed by atoms with E-state index in [4.69, 9.17) is 11.6 Å². The van der Waals surface area contributed by atoms with E-state index < -0.39 is 19.9 Å². The Morgan fingerprint density at radius 3 is 2.33 bits per heavy atom. The van der Waals surface area contributed by atoms with Crippen LogP contribution in [0, 0.1) is 0 Å². The third-order valence-electron chi connectivity index (χ3n) is 3.40. The highest BCUT2D eigenvalue weighted by Crippen LogP contribution is 2.29. The van der Waals surface area contributed by atoms with Gasteiger partial charge >= 0.3 is 0 Å². The summed E-state index contributed by atoms with van der Waals surface area (Å²) in [5.41, 5.74) is 0. The SMILES string of the molecule is CCN(C1CNC1)S(=O)(=O)c1cc(S(C)(=O)=O)ccc1Cl. The van der Waals surface area contributed by atoms with Gasteiger partial charge in [0.15, 0.2) is 9.84 Å². The third kappa shape index (κ3) is 3.24. The van der Waals surface area contributed by atoms with Gasteiger partial charge in [-0.15, -0.1) is 0 Å². The normalized spacial score (nSPS) is 17.0. The summed E-state index contributed by atoms with van der Waals surface area (Å²) in [6.07, 6.45) is 1.03. The molecule has 0 spiro atoms. The number of nitrogens with zero attached hydrogens (tertiary/aromatic N) is 1. The van der Waals surface area contributed by atoms with Gasteiger partial charge in [0.1, 0.15) is 4.90 Å². The summed E-state index contributed by atoms with van der Waals surface area (Å²) in [5.74, 6) is 0. The Bertz CT molecular complexity index is 743. The first-order chi connectivity index (χ1) is 9.67. The number of likely N-dealkylation sites (N-methyl/N-ethyl adjacent to an activating group) is 1. The Hall–Kier alpha value is -0.670. The highest BCUT2D eigenvalue weighted by Gasteiger charge is 2.35. The molecule has 0 saturated carbocycles. The van der Waals surface area contributed by atoms with E-state index in [1.54, 1.807) is 6.92 Å². The van der Waals surface area contributed by atoms with Crippen molar-refractivity contribution in [3.8, 4) is 0 Å². The molecule has 1 saturated heterocycles. The predicted octanol–water partition coefficient (Wildman–Crippen LogP) is 0.726. The van der Waals surface area contributed by atoms with E-state index in [1.165, 1.54) is 16.4 Å². The van der Waals surface area contributed by atoms with Gasteiger partial charge in [-0.1, -0.05) is 18.5 Å². The monoisotopic (exact) mass is 352 g/mol. The average molecular weight is 353 g/mol. The zero-order valence-corrected chi connectivity index (χ0v) is 14.1. The Kier molecular flexibility index (Phi) is 4.65. The van der Waals surface area contributed by atoms with Crippen molar-refractivity contribution >= 4 is 31.5 Å². The van der Waals surface area contributed by atoms with Gasteiger partial charge in [0.05, 0.1) is 16.0 Å². The van der Waals surface area contributed by atoms with E-state index in [2.05, 4.69) is 5.32 Å². The Morgan fingerprint density at radius 1 is 1.29 bits per heavy atom. The highest BCUT2D eigenvalue weighted by atomic mass is 35.5. The van der Waals surface area contributed by atoms with Crippen LogP contribution in [0.3, 0.4) is 0 Å². The molecule has 1 heterocycles. The number of hydrogen-bond donors (Lipinski definition) is 1. The zero-order valence-electron chi connectivity index (χ0n) is 11.7. The molecule has 1 fully saturated rings. The summed E-state index contributed by atoms with van der Waals surface area (Å²) < 4.78 is 50.0. The van der Waals surface area contributed by atoms with Gasteiger partial charge in [0.25, 0.3) is 0 Å². The van der Waals surface area contributed by atoms with E-state index >= 15 is 0 Å². The molecule has 0 unspecified atom stereocenters. The lowest BCUT2D eigenvalue weighted by molar-refractivity contribution is 0.249. The third-order valence-corrected chi connectivity index (χ3v) is 7.02. The van der Waals surface area contributed by atoms with Crippen LogP contribution < -0.4 is 5.32 Å². The molecule has 1 aliphatic heterocycles. The fourth-order valence-electron chi connectivity index (χ4n) is 2.14. The minimum absolute atomic E-state index is 0.0214. The van der Waals surface area contributed by atoms with E-state index in [1.807, 2.05) is 0 Å². The number of halogens is 1. The lowest BCUT2D eigenvalue weighted by Gasteiger charge is -2.36. The van der Waals surface area contributed by atoms with Crippen molar-refractivity contribution in [2.45, 2.75) is 22.8 Å². The van der Waals surface area contributed by atoms with E-state index in [0.717, 1.165) is 12.3 Å². The molecule has 9 heteroatoms. The number of rotatable bonds is 5. The molecule has 1 aliphatic rings. The van der Waals surface area contributed by atoms with Crippen LogP contribution in [0.2, 0.25) is 5.02 Å². The quantitative estimate of drug-likeness (QED) is 0.844. The molecule has 0 amide bonds. The maximum absolute atomic E-state index is 12.7. The maximum atomic E-state index is 12.7. The maximum Gasteiger partial charge on any atom is 0.244 e. The number of benzene rings is 1. The average Bonchev–Trinajstić information content (AvgIpc) is 2.31. The molecule has 118 valence electrons. The van der Waals surface area contributed by atoms with Crippen LogP contribution in [0.4, 0.5) is 0 Å². The molecule has 21 heavy (non-hydrogen) atoms. The minimum atomic E-state index is -3.83. The summed E-state index contributed by atoms with van der Waals surface area (Å²) in [6, 6.07) is 3.61. The van der Waals surface area contributed by atoms with Crippen LogP contribution in [0.1, 0.15) is 6.92 Å². The largest absolute Gasteiger partial charge is 0.313 e. The van der Waals surface area contributed by atoms with Gasteiger partial charge < -0.3 is 5.32 Å². The first kappa shape index (κ1) is 16.7. The van der Waals surface area contributed by atoms with Gasteiger partial charge in [-0.3, -0.25) is 0 Å². The van der Waals surface area contributed by atoms with Gasteiger partial charge in [0, 0.05) is 25.9 Å². The first-order valence-electron chi connectivity index (χ1n) is 6.40. The van der Waals surface area contributed by atoms with Crippen molar-refractivity contribution in [3.05, 3.63) is 23.2 Å². The van der Waals surface area contributed by atoms with E-state index in [-0.39, 0.29) is 20.9 Å².